The van der Waals surface area contributed by atoms with Crippen LogP contribution in [-0.2, 0) is 7.05 Å². The van der Waals surface area contributed by atoms with Crippen LogP contribution in [0.5, 0.6) is 0 Å². The highest BCUT2D eigenvalue weighted by molar-refractivity contribution is 5.77. The summed E-state index contributed by atoms with van der Waals surface area (Å²) >= 11 is 0. The summed E-state index contributed by atoms with van der Waals surface area (Å²) in [5.41, 5.74) is 1.91. The van der Waals surface area contributed by atoms with E-state index in [2.05, 4.69) is 15.1 Å². The van der Waals surface area contributed by atoms with Gasteiger partial charge in [0, 0.05) is 37.8 Å². The van der Waals surface area contributed by atoms with Crippen LogP contribution in [0.25, 0.3) is 11.4 Å². The summed E-state index contributed by atoms with van der Waals surface area (Å²) < 4.78 is 1.92. The van der Waals surface area contributed by atoms with Gasteiger partial charge < -0.3 is 9.47 Å². The summed E-state index contributed by atoms with van der Waals surface area (Å²) in [7, 11) is 1.91. The van der Waals surface area contributed by atoms with Crippen LogP contribution >= 0.6 is 0 Å². The number of aromatic nitrogens is 3. The standard InChI is InChI=1S/C16H21N5O2/c1-12-17-18-16(19(12)2)14-8-7-13(21(22)23)11-15(14)20-9-5-3-4-6-10-20/h7-8,11H,3-6,9-10H2,1-2H3. The highest BCUT2D eigenvalue weighted by atomic mass is 16.6. The number of nitro groups is 1. The highest BCUT2D eigenvalue weighted by Gasteiger charge is 2.21. The summed E-state index contributed by atoms with van der Waals surface area (Å²) in [4.78, 5) is 13.1. The number of rotatable bonds is 3. The van der Waals surface area contributed by atoms with E-state index < -0.39 is 0 Å². The van der Waals surface area contributed by atoms with Crippen LogP contribution in [-0.4, -0.2) is 32.8 Å². The van der Waals surface area contributed by atoms with Crippen molar-refractivity contribution in [2.75, 3.05) is 18.0 Å². The van der Waals surface area contributed by atoms with Crippen molar-refractivity contribution >= 4 is 11.4 Å². The first-order valence-electron chi connectivity index (χ1n) is 7.97. The predicted octanol–water partition coefficient (Wildman–Crippen LogP) is 3.08. The molecule has 122 valence electrons. The minimum atomic E-state index is -0.340. The fourth-order valence-electron chi connectivity index (χ4n) is 3.04. The Morgan fingerprint density at radius 3 is 2.39 bits per heavy atom. The molecule has 0 atom stereocenters. The average Bonchev–Trinajstić information content (AvgIpc) is 2.76. The van der Waals surface area contributed by atoms with Gasteiger partial charge in [-0.3, -0.25) is 10.1 Å². The molecule has 1 aliphatic rings. The SMILES string of the molecule is Cc1nnc(-c2ccc([N+](=O)[O-])cc2N2CCCCCC2)n1C. The number of hydrogen-bond acceptors (Lipinski definition) is 5. The summed E-state index contributed by atoms with van der Waals surface area (Å²) in [5, 5.41) is 19.5. The van der Waals surface area contributed by atoms with Gasteiger partial charge in [-0.25, -0.2) is 0 Å². The maximum absolute atomic E-state index is 11.2. The topological polar surface area (TPSA) is 77.1 Å². The molecule has 1 aliphatic heterocycles. The van der Waals surface area contributed by atoms with Crippen molar-refractivity contribution in [2.45, 2.75) is 32.6 Å². The van der Waals surface area contributed by atoms with Gasteiger partial charge in [0.05, 0.1) is 10.6 Å². The molecule has 1 aromatic heterocycles. The third kappa shape index (κ3) is 3.04. The number of hydrogen-bond donors (Lipinski definition) is 0. The highest BCUT2D eigenvalue weighted by Crippen LogP contribution is 2.34. The van der Waals surface area contributed by atoms with Crippen LogP contribution in [0, 0.1) is 17.0 Å². The molecule has 0 bridgehead atoms. The molecule has 0 saturated carbocycles. The van der Waals surface area contributed by atoms with Gasteiger partial charge >= 0.3 is 0 Å². The number of nitro benzene ring substituents is 1. The Morgan fingerprint density at radius 1 is 1.13 bits per heavy atom. The summed E-state index contributed by atoms with van der Waals surface area (Å²) in [5.74, 6) is 1.57. The van der Waals surface area contributed by atoms with Crippen molar-refractivity contribution in [3.05, 3.63) is 34.1 Å². The summed E-state index contributed by atoms with van der Waals surface area (Å²) in [6.07, 6.45) is 4.65. The van der Waals surface area contributed by atoms with E-state index in [1.54, 1.807) is 18.2 Å². The molecule has 0 radical (unpaired) electrons. The number of anilines is 1. The van der Waals surface area contributed by atoms with Gasteiger partial charge in [-0.2, -0.15) is 0 Å². The second-order valence-corrected chi connectivity index (χ2v) is 5.99. The molecule has 7 heteroatoms. The Balaban J connectivity index is 2.10. The fourth-order valence-corrected chi connectivity index (χ4v) is 3.04. The van der Waals surface area contributed by atoms with Gasteiger partial charge in [-0.1, -0.05) is 12.8 Å². The third-order valence-electron chi connectivity index (χ3n) is 4.47. The molecule has 23 heavy (non-hydrogen) atoms. The smallest absolute Gasteiger partial charge is 0.271 e. The van der Waals surface area contributed by atoms with Crippen LogP contribution in [0.2, 0.25) is 0 Å². The Kier molecular flexibility index (Phi) is 4.27. The Morgan fingerprint density at radius 2 is 1.83 bits per heavy atom. The molecule has 0 amide bonds. The summed E-state index contributed by atoms with van der Waals surface area (Å²) in [6, 6.07) is 5.01. The van der Waals surface area contributed by atoms with E-state index in [0.29, 0.717) is 0 Å². The molecular weight excluding hydrogens is 294 g/mol. The number of nitrogens with zero attached hydrogens (tertiary/aromatic N) is 5. The number of benzene rings is 1. The maximum Gasteiger partial charge on any atom is 0.271 e. The molecule has 0 aliphatic carbocycles. The zero-order valence-electron chi connectivity index (χ0n) is 13.5. The second-order valence-electron chi connectivity index (χ2n) is 5.99. The first-order chi connectivity index (χ1) is 11.1. The Labute approximate surface area is 135 Å². The quantitative estimate of drug-likeness (QED) is 0.642. The monoisotopic (exact) mass is 315 g/mol. The average molecular weight is 315 g/mol. The van der Waals surface area contributed by atoms with E-state index in [1.165, 1.54) is 12.8 Å². The van der Waals surface area contributed by atoms with Crippen LogP contribution in [0.1, 0.15) is 31.5 Å². The lowest BCUT2D eigenvalue weighted by atomic mass is 10.1. The minimum Gasteiger partial charge on any atom is -0.371 e. The second kappa shape index (κ2) is 6.36. The van der Waals surface area contributed by atoms with Gasteiger partial charge in [-0.15, -0.1) is 10.2 Å². The van der Waals surface area contributed by atoms with E-state index in [0.717, 1.165) is 48.8 Å². The number of aryl methyl sites for hydroxylation is 1. The van der Waals surface area contributed by atoms with Crippen molar-refractivity contribution in [3.63, 3.8) is 0 Å². The maximum atomic E-state index is 11.2. The lowest BCUT2D eigenvalue weighted by molar-refractivity contribution is -0.384. The van der Waals surface area contributed by atoms with Gasteiger partial charge in [-0.05, 0) is 25.8 Å². The van der Waals surface area contributed by atoms with Crippen LogP contribution < -0.4 is 4.90 Å². The molecular formula is C16H21N5O2. The van der Waals surface area contributed by atoms with E-state index in [9.17, 15) is 10.1 Å². The molecule has 2 heterocycles. The third-order valence-corrected chi connectivity index (χ3v) is 4.47. The molecule has 3 rings (SSSR count). The molecule has 0 unspecified atom stereocenters. The normalized spacial score (nSPS) is 15.5. The molecule has 1 aromatic carbocycles. The van der Waals surface area contributed by atoms with E-state index in [1.807, 2.05) is 18.5 Å². The zero-order valence-corrected chi connectivity index (χ0v) is 13.5. The van der Waals surface area contributed by atoms with Gasteiger partial charge in [0.1, 0.15) is 5.82 Å². The molecule has 2 aromatic rings. The Bertz CT molecular complexity index is 717. The number of non-ortho nitro benzene ring substituents is 1. The molecule has 0 spiro atoms. The van der Waals surface area contributed by atoms with Crippen LogP contribution in [0.3, 0.4) is 0 Å². The molecule has 1 fully saturated rings. The van der Waals surface area contributed by atoms with Gasteiger partial charge in [0.2, 0.25) is 0 Å². The fraction of sp³-hybridized carbons (Fsp3) is 0.500. The van der Waals surface area contributed by atoms with E-state index >= 15 is 0 Å². The van der Waals surface area contributed by atoms with Gasteiger partial charge in [0.25, 0.3) is 5.69 Å². The van der Waals surface area contributed by atoms with Crippen LogP contribution in [0.4, 0.5) is 11.4 Å². The molecule has 7 nitrogen and oxygen atoms in total. The molecule has 0 N–H and O–H groups in total. The zero-order chi connectivity index (χ0) is 16.4. The lowest BCUT2D eigenvalue weighted by Crippen LogP contribution is -2.24. The predicted molar refractivity (Wildman–Crippen MR) is 88.5 cm³/mol. The van der Waals surface area contributed by atoms with E-state index in [4.69, 9.17) is 0 Å². The first-order valence-corrected chi connectivity index (χ1v) is 7.97. The lowest BCUT2D eigenvalue weighted by Gasteiger charge is -2.25. The minimum absolute atomic E-state index is 0.117. The van der Waals surface area contributed by atoms with Crippen molar-refractivity contribution in [1.82, 2.24) is 14.8 Å². The van der Waals surface area contributed by atoms with Crippen molar-refractivity contribution in [2.24, 2.45) is 7.05 Å². The van der Waals surface area contributed by atoms with Crippen molar-refractivity contribution < 1.29 is 4.92 Å². The van der Waals surface area contributed by atoms with Crippen LogP contribution in [0.15, 0.2) is 18.2 Å². The largest absolute Gasteiger partial charge is 0.371 e. The van der Waals surface area contributed by atoms with Gasteiger partial charge in [0.15, 0.2) is 5.82 Å². The molecule has 1 saturated heterocycles. The van der Waals surface area contributed by atoms with E-state index in [-0.39, 0.29) is 10.6 Å². The van der Waals surface area contributed by atoms with Crippen molar-refractivity contribution in [1.29, 1.82) is 0 Å². The Hall–Kier alpha value is -2.44. The first kappa shape index (κ1) is 15.5. The summed E-state index contributed by atoms with van der Waals surface area (Å²) in [6.45, 7) is 3.74. The van der Waals surface area contributed by atoms with Crippen molar-refractivity contribution in [3.8, 4) is 11.4 Å².